The number of hydrogen-bond donors (Lipinski definition) is 1. The summed E-state index contributed by atoms with van der Waals surface area (Å²) in [4.78, 5) is 12.2. The van der Waals surface area contributed by atoms with Crippen LogP contribution in [0.3, 0.4) is 0 Å². The molecule has 0 saturated carbocycles. The van der Waals surface area contributed by atoms with Crippen LogP contribution in [-0.4, -0.2) is 40.5 Å². The number of halogens is 2. The Hall–Kier alpha value is -2.88. The van der Waals surface area contributed by atoms with Crippen LogP contribution in [0.15, 0.2) is 36.4 Å². The highest BCUT2D eigenvalue weighted by Gasteiger charge is 2.20. The van der Waals surface area contributed by atoms with Gasteiger partial charge in [0.15, 0.2) is 23.1 Å². The lowest BCUT2D eigenvalue weighted by Crippen LogP contribution is -2.38. The van der Waals surface area contributed by atoms with Crippen LogP contribution in [0, 0.1) is 11.6 Å². The molecule has 0 unspecified atom stereocenters. The summed E-state index contributed by atoms with van der Waals surface area (Å²) in [7, 11) is -3.76. The monoisotopic (exact) mass is 398 g/mol. The van der Waals surface area contributed by atoms with Crippen LogP contribution in [-0.2, 0) is 10.0 Å². The van der Waals surface area contributed by atoms with Crippen LogP contribution >= 0.6 is 0 Å². The number of sulfonamides is 1. The second-order valence-corrected chi connectivity index (χ2v) is 7.66. The van der Waals surface area contributed by atoms with Crippen LogP contribution in [0.5, 0.6) is 11.5 Å². The Balaban J connectivity index is 1.67. The van der Waals surface area contributed by atoms with Gasteiger partial charge in [0.2, 0.25) is 16.8 Å². The Labute approximate surface area is 154 Å². The third-order valence-electron chi connectivity index (χ3n) is 3.83. The number of benzene rings is 2. The van der Waals surface area contributed by atoms with Crippen molar-refractivity contribution in [2.24, 2.45) is 0 Å². The van der Waals surface area contributed by atoms with Gasteiger partial charge in [0.25, 0.3) is 5.91 Å². The molecule has 0 radical (unpaired) electrons. The Kier molecular flexibility index (Phi) is 5.17. The normalized spacial score (nSPS) is 12.7. The second kappa shape index (κ2) is 7.39. The average Bonchev–Trinajstić information content (AvgIpc) is 3.07. The van der Waals surface area contributed by atoms with Gasteiger partial charge in [-0.15, -0.1) is 0 Å². The maximum atomic E-state index is 13.4. The van der Waals surface area contributed by atoms with E-state index < -0.39 is 27.6 Å². The maximum absolute atomic E-state index is 13.4. The van der Waals surface area contributed by atoms with E-state index in [2.05, 4.69) is 5.32 Å². The lowest BCUT2D eigenvalue weighted by Gasteiger charge is -2.22. The fraction of sp³-hybridized carbons (Fsp3) is 0.235. The van der Waals surface area contributed by atoms with Crippen molar-refractivity contribution in [3.8, 4) is 11.5 Å². The maximum Gasteiger partial charge on any atom is 0.251 e. The minimum Gasteiger partial charge on any atom is -0.454 e. The summed E-state index contributed by atoms with van der Waals surface area (Å²) in [6.07, 6.45) is 0.938. The zero-order valence-electron chi connectivity index (χ0n) is 14.2. The summed E-state index contributed by atoms with van der Waals surface area (Å²) >= 11 is 0. The van der Waals surface area contributed by atoms with Gasteiger partial charge in [-0.25, -0.2) is 17.2 Å². The first-order valence-electron chi connectivity index (χ1n) is 7.86. The Bertz CT molecular complexity index is 981. The van der Waals surface area contributed by atoms with Gasteiger partial charge in [-0.05, 0) is 30.3 Å². The molecule has 7 nitrogen and oxygen atoms in total. The van der Waals surface area contributed by atoms with E-state index in [0.717, 1.165) is 28.8 Å². The fourth-order valence-corrected chi connectivity index (χ4v) is 3.46. The topological polar surface area (TPSA) is 84.9 Å². The van der Waals surface area contributed by atoms with E-state index in [1.165, 1.54) is 6.07 Å². The fourth-order valence-electron chi connectivity index (χ4n) is 2.54. The molecule has 0 aromatic heterocycles. The van der Waals surface area contributed by atoms with Gasteiger partial charge in [-0.1, -0.05) is 0 Å². The zero-order valence-corrected chi connectivity index (χ0v) is 15.1. The Morgan fingerprint density at radius 2 is 1.85 bits per heavy atom. The highest BCUT2D eigenvalue weighted by Crippen LogP contribution is 2.32. The summed E-state index contributed by atoms with van der Waals surface area (Å²) in [6, 6.07) is 7.44. The largest absolute Gasteiger partial charge is 0.454 e. The van der Waals surface area contributed by atoms with Crippen molar-refractivity contribution in [1.82, 2.24) is 5.32 Å². The van der Waals surface area contributed by atoms with Gasteiger partial charge in [-0.2, -0.15) is 0 Å². The van der Waals surface area contributed by atoms with Gasteiger partial charge < -0.3 is 14.8 Å². The van der Waals surface area contributed by atoms with E-state index in [-0.39, 0.29) is 25.6 Å². The van der Waals surface area contributed by atoms with Crippen molar-refractivity contribution < 1.29 is 31.5 Å². The van der Waals surface area contributed by atoms with Gasteiger partial charge >= 0.3 is 0 Å². The molecule has 1 aliphatic heterocycles. The quantitative estimate of drug-likeness (QED) is 0.803. The van der Waals surface area contributed by atoms with Crippen molar-refractivity contribution in [3.63, 3.8) is 0 Å². The predicted molar refractivity (Wildman–Crippen MR) is 93.4 cm³/mol. The van der Waals surface area contributed by atoms with Crippen LogP contribution in [0.4, 0.5) is 14.5 Å². The first-order chi connectivity index (χ1) is 12.8. The minimum absolute atomic E-state index is 0.0336. The molecule has 27 heavy (non-hydrogen) atoms. The summed E-state index contributed by atoms with van der Waals surface area (Å²) in [5.74, 6) is -1.70. The van der Waals surface area contributed by atoms with E-state index in [4.69, 9.17) is 9.47 Å². The molecule has 2 aromatic carbocycles. The highest BCUT2D eigenvalue weighted by molar-refractivity contribution is 7.92. The number of hydrogen-bond acceptors (Lipinski definition) is 5. The molecule has 1 amide bonds. The molecule has 1 N–H and O–H groups in total. The first-order valence-corrected chi connectivity index (χ1v) is 9.71. The van der Waals surface area contributed by atoms with E-state index >= 15 is 0 Å². The van der Waals surface area contributed by atoms with Gasteiger partial charge in [-0.3, -0.25) is 9.10 Å². The molecule has 0 bridgehead atoms. The number of rotatable bonds is 6. The summed E-state index contributed by atoms with van der Waals surface area (Å²) in [5.41, 5.74) is 0.284. The highest BCUT2D eigenvalue weighted by atomic mass is 32.2. The predicted octanol–water partition coefficient (Wildman–Crippen LogP) is 1.89. The third-order valence-corrected chi connectivity index (χ3v) is 5.02. The van der Waals surface area contributed by atoms with Crippen molar-refractivity contribution in [1.29, 1.82) is 0 Å². The average molecular weight is 398 g/mol. The molecular weight excluding hydrogens is 382 g/mol. The van der Waals surface area contributed by atoms with Crippen molar-refractivity contribution in [3.05, 3.63) is 53.6 Å². The first kappa shape index (κ1) is 18.9. The molecular formula is C17H16F2N2O5S. The molecule has 0 spiro atoms. The SMILES string of the molecule is CS(=O)(=O)N(CCNC(=O)c1ccc2c(c1)OCO2)c1ccc(F)c(F)c1. The second-order valence-electron chi connectivity index (χ2n) is 5.76. The molecule has 3 rings (SSSR count). The van der Waals surface area contributed by atoms with Crippen LogP contribution in [0.1, 0.15) is 10.4 Å². The standard InChI is InChI=1S/C17H16F2N2O5S/c1-27(23,24)21(12-3-4-13(18)14(19)9-12)7-6-20-17(22)11-2-5-15-16(8-11)26-10-25-15/h2-5,8-9H,6-7,10H2,1H3,(H,20,22). The van der Waals surface area contributed by atoms with E-state index in [9.17, 15) is 22.0 Å². The van der Waals surface area contributed by atoms with E-state index in [0.29, 0.717) is 17.1 Å². The number of ether oxygens (including phenoxy) is 2. The van der Waals surface area contributed by atoms with E-state index in [1.807, 2.05) is 0 Å². The van der Waals surface area contributed by atoms with Crippen LogP contribution in [0.2, 0.25) is 0 Å². The summed E-state index contributed by atoms with van der Waals surface area (Å²) < 4.78 is 61.7. The third kappa shape index (κ3) is 4.27. The van der Waals surface area contributed by atoms with Gasteiger partial charge in [0.05, 0.1) is 18.5 Å². The minimum atomic E-state index is -3.76. The molecule has 10 heteroatoms. The van der Waals surface area contributed by atoms with E-state index in [1.54, 1.807) is 12.1 Å². The van der Waals surface area contributed by atoms with Crippen molar-refractivity contribution >= 4 is 21.6 Å². The van der Waals surface area contributed by atoms with Crippen molar-refractivity contribution in [2.45, 2.75) is 0 Å². The molecule has 0 aliphatic carbocycles. The molecule has 0 fully saturated rings. The summed E-state index contributed by atoms with van der Waals surface area (Å²) in [6.45, 7) is -0.114. The number of anilines is 1. The Morgan fingerprint density at radius 1 is 1.11 bits per heavy atom. The molecule has 1 heterocycles. The lowest BCUT2D eigenvalue weighted by atomic mass is 10.2. The molecule has 0 atom stereocenters. The number of amides is 1. The molecule has 1 aliphatic rings. The smallest absolute Gasteiger partial charge is 0.251 e. The number of nitrogens with zero attached hydrogens (tertiary/aromatic N) is 1. The number of nitrogens with one attached hydrogen (secondary N) is 1. The number of carbonyl (C=O) groups excluding carboxylic acids is 1. The number of carbonyl (C=O) groups is 1. The lowest BCUT2D eigenvalue weighted by molar-refractivity contribution is 0.0954. The number of fused-ring (bicyclic) bond motifs is 1. The summed E-state index contributed by atoms with van der Waals surface area (Å²) in [5, 5.41) is 2.58. The molecule has 2 aromatic rings. The van der Waals surface area contributed by atoms with Gasteiger partial charge in [0, 0.05) is 18.2 Å². The van der Waals surface area contributed by atoms with Crippen LogP contribution < -0.4 is 19.1 Å². The van der Waals surface area contributed by atoms with Crippen LogP contribution in [0.25, 0.3) is 0 Å². The Morgan fingerprint density at radius 3 is 2.56 bits per heavy atom. The van der Waals surface area contributed by atoms with Crippen molar-refractivity contribution in [2.75, 3.05) is 30.4 Å². The zero-order chi connectivity index (χ0) is 19.6. The molecule has 0 saturated heterocycles. The molecule has 144 valence electrons. The van der Waals surface area contributed by atoms with Gasteiger partial charge in [0.1, 0.15) is 0 Å².